The van der Waals surface area contributed by atoms with Crippen molar-refractivity contribution in [2.24, 2.45) is 0 Å². The van der Waals surface area contributed by atoms with Gasteiger partial charge in [0.25, 0.3) is 0 Å². The van der Waals surface area contributed by atoms with E-state index in [-0.39, 0.29) is 12.5 Å². The molecule has 2 heterocycles. The molecule has 0 fully saturated rings. The maximum absolute atomic E-state index is 10.8. The second kappa shape index (κ2) is 4.71. The van der Waals surface area contributed by atoms with E-state index in [1.54, 1.807) is 16.0 Å². The van der Waals surface area contributed by atoms with Crippen LogP contribution in [-0.4, -0.2) is 20.9 Å². The Bertz CT molecular complexity index is 515. The lowest BCUT2D eigenvalue weighted by molar-refractivity contribution is -0.137. The Hall–Kier alpha value is -1.62. The number of carbonyl (C=O) groups is 1. The van der Waals surface area contributed by atoms with E-state index < -0.39 is 5.97 Å². The topological polar surface area (TPSA) is 55.1 Å². The van der Waals surface area contributed by atoms with Crippen molar-refractivity contribution in [1.82, 2.24) is 9.78 Å². The summed E-state index contributed by atoms with van der Waals surface area (Å²) in [6.45, 7) is 3.99. The van der Waals surface area contributed by atoms with Gasteiger partial charge in [-0.3, -0.25) is 9.48 Å². The molecule has 0 amide bonds. The molecule has 0 saturated heterocycles. The van der Waals surface area contributed by atoms with Crippen LogP contribution in [0.5, 0.6) is 0 Å². The molecule has 90 valence electrons. The van der Waals surface area contributed by atoms with Crippen LogP contribution in [0.15, 0.2) is 23.6 Å². The van der Waals surface area contributed by atoms with Crippen molar-refractivity contribution >= 4 is 17.3 Å². The molecule has 5 heteroatoms. The Morgan fingerprint density at radius 2 is 2.35 bits per heavy atom. The third kappa shape index (κ3) is 2.55. The Labute approximate surface area is 104 Å². The average molecular weight is 250 g/mol. The van der Waals surface area contributed by atoms with E-state index in [0.717, 1.165) is 16.3 Å². The van der Waals surface area contributed by atoms with Gasteiger partial charge in [-0.1, -0.05) is 19.9 Å². The van der Waals surface area contributed by atoms with Crippen molar-refractivity contribution in [3.05, 3.63) is 29.3 Å². The number of aliphatic carboxylic acids is 1. The fourth-order valence-electron chi connectivity index (χ4n) is 1.70. The maximum atomic E-state index is 10.8. The van der Waals surface area contributed by atoms with Crippen LogP contribution < -0.4 is 0 Å². The number of hydrogen-bond donors (Lipinski definition) is 1. The van der Waals surface area contributed by atoms with E-state index in [9.17, 15) is 4.79 Å². The van der Waals surface area contributed by atoms with Crippen LogP contribution >= 0.6 is 11.3 Å². The van der Waals surface area contributed by atoms with Gasteiger partial charge in [-0.2, -0.15) is 5.10 Å². The number of thiophene rings is 1. The minimum absolute atomic E-state index is 0.0844. The maximum Gasteiger partial charge on any atom is 0.325 e. The van der Waals surface area contributed by atoms with Crippen molar-refractivity contribution in [3.8, 4) is 10.6 Å². The van der Waals surface area contributed by atoms with Crippen molar-refractivity contribution in [2.45, 2.75) is 26.3 Å². The predicted octanol–water partition coefficient (Wildman–Crippen LogP) is 2.82. The van der Waals surface area contributed by atoms with Crippen LogP contribution in [-0.2, 0) is 11.3 Å². The summed E-state index contributed by atoms with van der Waals surface area (Å²) in [6.07, 6.45) is 0. The second-order valence-electron chi connectivity index (χ2n) is 4.14. The lowest BCUT2D eigenvalue weighted by Crippen LogP contribution is -2.13. The summed E-state index contributed by atoms with van der Waals surface area (Å²) in [7, 11) is 0. The lowest BCUT2D eigenvalue weighted by atomic mass is 10.1. The molecule has 0 aliphatic heterocycles. The molecule has 0 atom stereocenters. The number of carboxylic acids is 1. The van der Waals surface area contributed by atoms with Gasteiger partial charge in [-0.25, -0.2) is 0 Å². The zero-order chi connectivity index (χ0) is 12.4. The Balaban J connectivity index is 2.40. The normalized spacial score (nSPS) is 11.0. The van der Waals surface area contributed by atoms with Crippen molar-refractivity contribution in [2.75, 3.05) is 0 Å². The highest BCUT2D eigenvalue weighted by molar-refractivity contribution is 7.13. The quantitative estimate of drug-likeness (QED) is 0.907. The summed E-state index contributed by atoms with van der Waals surface area (Å²) in [5.41, 5.74) is 1.81. The summed E-state index contributed by atoms with van der Waals surface area (Å²) in [6, 6.07) is 5.92. The number of aromatic nitrogens is 2. The number of hydrogen-bond acceptors (Lipinski definition) is 3. The SMILES string of the molecule is CC(C)c1cc(-c2cccs2)nn1CC(=O)O. The summed E-state index contributed by atoms with van der Waals surface area (Å²) in [5, 5.41) is 15.2. The summed E-state index contributed by atoms with van der Waals surface area (Å²) in [5.74, 6) is -0.608. The zero-order valence-electron chi connectivity index (χ0n) is 9.75. The smallest absolute Gasteiger partial charge is 0.325 e. The number of rotatable bonds is 4. The van der Waals surface area contributed by atoms with Crippen LogP contribution in [0.2, 0.25) is 0 Å². The molecule has 0 aromatic carbocycles. The average Bonchev–Trinajstić information content (AvgIpc) is 2.82. The Morgan fingerprint density at radius 1 is 1.59 bits per heavy atom. The molecule has 0 saturated carbocycles. The Morgan fingerprint density at radius 3 is 2.88 bits per heavy atom. The van der Waals surface area contributed by atoms with Gasteiger partial charge in [0.15, 0.2) is 0 Å². The molecule has 0 radical (unpaired) electrons. The molecular formula is C12H14N2O2S. The number of carboxylic acid groups (broad SMARTS) is 1. The van der Waals surface area contributed by atoms with Crippen LogP contribution in [0.25, 0.3) is 10.6 Å². The third-order valence-electron chi connectivity index (χ3n) is 2.46. The molecule has 17 heavy (non-hydrogen) atoms. The zero-order valence-corrected chi connectivity index (χ0v) is 10.6. The monoisotopic (exact) mass is 250 g/mol. The first-order valence-corrected chi connectivity index (χ1v) is 6.29. The highest BCUT2D eigenvalue weighted by atomic mass is 32.1. The van der Waals surface area contributed by atoms with E-state index in [0.29, 0.717) is 0 Å². The van der Waals surface area contributed by atoms with E-state index in [2.05, 4.69) is 5.10 Å². The molecule has 0 bridgehead atoms. The molecule has 0 unspecified atom stereocenters. The minimum atomic E-state index is -0.868. The lowest BCUT2D eigenvalue weighted by Gasteiger charge is -2.06. The largest absolute Gasteiger partial charge is 0.480 e. The summed E-state index contributed by atoms with van der Waals surface area (Å²) >= 11 is 1.61. The number of nitrogens with zero attached hydrogens (tertiary/aromatic N) is 2. The first-order valence-electron chi connectivity index (χ1n) is 5.41. The van der Waals surface area contributed by atoms with Gasteiger partial charge in [-0.15, -0.1) is 11.3 Å². The highest BCUT2D eigenvalue weighted by Crippen LogP contribution is 2.26. The first-order chi connectivity index (χ1) is 8.08. The van der Waals surface area contributed by atoms with Gasteiger partial charge in [0.05, 0.1) is 4.88 Å². The van der Waals surface area contributed by atoms with Crippen LogP contribution in [0, 0.1) is 0 Å². The molecule has 2 aromatic rings. The summed E-state index contributed by atoms with van der Waals surface area (Å²) < 4.78 is 1.57. The van der Waals surface area contributed by atoms with E-state index >= 15 is 0 Å². The highest BCUT2D eigenvalue weighted by Gasteiger charge is 2.14. The Kier molecular flexibility index (Phi) is 3.28. The van der Waals surface area contributed by atoms with Gasteiger partial charge in [-0.05, 0) is 23.4 Å². The standard InChI is InChI=1S/C12H14N2O2S/c1-8(2)10-6-9(11-4-3-5-17-11)13-14(10)7-12(15)16/h3-6,8H,7H2,1-2H3,(H,15,16). The van der Waals surface area contributed by atoms with Crippen molar-refractivity contribution in [3.63, 3.8) is 0 Å². The van der Waals surface area contributed by atoms with Gasteiger partial charge in [0.1, 0.15) is 12.2 Å². The van der Waals surface area contributed by atoms with Crippen LogP contribution in [0.1, 0.15) is 25.5 Å². The third-order valence-corrected chi connectivity index (χ3v) is 3.35. The molecule has 0 aliphatic rings. The molecule has 4 nitrogen and oxygen atoms in total. The van der Waals surface area contributed by atoms with E-state index in [4.69, 9.17) is 5.11 Å². The molecular weight excluding hydrogens is 236 g/mol. The molecule has 1 N–H and O–H groups in total. The second-order valence-corrected chi connectivity index (χ2v) is 5.09. The molecule has 2 rings (SSSR count). The molecule has 0 spiro atoms. The first kappa shape index (κ1) is 11.9. The van der Waals surface area contributed by atoms with Crippen molar-refractivity contribution < 1.29 is 9.90 Å². The molecule has 0 aliphatic carbocycles. The van der Waals surface area contributed by atoms with Gasteiger partial charge < -0.3 is 5.11 Å². The van der Waals surface area contributed by atoms with Crippen LogP contribution in [0.3, 0.4) is 0 Å². The van der Waals surface area contributed by atoms with Crippen molar-refractivity contribution in [1.29, 1.82) is 0 Å². The van der Waals surface area contributed by atoms with E-state index in [1.807, 2.05) is 37.4 Å². The van der Waals surface area contributed by atoms with Gasteiger partial charge in [0.2, 0.25) is 0 Å². The van der Waals surface area contributed by atoms with E-state index in [1.165, 1.54) is 0 Å². The van der Waals surface area contributed by atoms with Crippen LogP contribution in [0.4, 0.5) is 0 Å². The fraction of sp³-hybridized carbons (Fsp3) is 0.333. The van der Waals surface area contributed by atoms with Gasteiger partial charge in [0, 0.05) is 5.69 Å². The van der Waals surface area contributed by atoms with Gasteiger partial charge >= 0.3 is 5.97 Å². The molecule has 2 aromatic heterocycles. The minimum Gasteiger partial charge on any atom is -0.480 e. The summed E-state index contributed by atoms with van der Waals surface area (Å²) in [4.78, 5) is 11.8. The fourth-order valence-corrected chi connectivity index (χ4v) is 2.38. The predicted molar refractivity (Wildman–Crippen MR) is 67.3 cm³/mol.